The van der Waals surface area contributed by atoms with Crippen molar-refractivity contribution in [1.82, 2.24) is 5.32 Å². The number of rotatable bonds is 3. The normalized spacial score (nSPS) is 14.0. The van der Waals surface area contributed by atoms with Crippen LogP contribution in [-0.4, -0.2) is 30.7 Å². The average molecular weight is 340 g/mol. The van der Waals surface area contributed by atoms with Gasteiger partial charge in [-0.05, 0) is 55.5 Å². The van der Waals surface area contributed by atoms with Gasteiger partial charge in [-0.2, -0.15) is 0 Å². The molecule has 1 aliphatic heterocycles. The molecule has 2 aromatic rings. The summed E-state index contributed by atoms with van der Waals surface area (Å²) in [7, 11) is 1.37. The van der Waals surface area contributed by atoms with Gasteiger partial charge in [0, 0.05) is 5.69 Å². The molecule has 24 heavy (non-hydrogen) atoms. The molecule has 0 atom stereocenters. The van der Waals surface area contributed by atoms with Gasteiger partial charge in [0.15, 0.2) is 6.67 Å². The van der Waals surface area contributed by atoms with Crippen molar-refractivity contribution in [2.24, 2.45) is 0 Å². The molecule has 0 radical (unpaired) electrons. The van der Waals surface area contributed by atoms with Crippen molar-refractivity contribution in [3.63, 3.8) is 0 Å². The van der Waals surface area contributed by atoms with Crippen molar-refractivity contribution in [3.05, 3.63) is 65.2 Å². The van der Waals surface area contributed by atoms with E-state index < -0.39 is 0 Å². The van der Waals surface area contributed by atoms with Crippen molar-refractivity contribution in [2.45, 2.75) is 6.92 Å². The van der Waals surface area contributed by atoms with E-state index in [-0.39, 0.29) is 5.97 Å². The summed E-state index contributed by atoms with van der Waals surface area (Å²) in [6.45, 7) is 2.60. The van der Waals surface area contributed by atoms with Crippen molar-refractivity contribution in [3.8, 4) is 0 Å². The summed E-state index contributed by atoms with van der Waals surface area (Å²) >= 11 is 5.48. The molecule has 0 amide bonds. The fourth-order valence-electron chi connectivity index (χ4n) is 2.45. The van der Waals surface area contributed by atoms with Crippen LogP contribution in [0.15, 0.2) is 48.5 Å². The van der Waals surface area contributed by atoms with Gasteiger partial charge in [-0.25, -0.2) is 10.1 Å². The molecular weight excluding hydrogens is 322 g/mol. The predicted octanol–water partition coefficient (Wildman–Crippen LogP) is 0.961. The summed E-state index contributed by atoms with van der Waals surface area (Å²) in [5.41, 5.74) is 3.68. The second-order valence-corrected chi connectivity index (χ2v) is 5.86. The molecule has 1 heterocycles. The van der Waals surface area contributed by atoms with Gasteiger partial charge >= 0.3 is 5.97 Å². The number of hydrogen-bond acceptors (Lipinski definition) is 3. The van der Waals surface area contributed by atoms with Crippen LogP contribution < -0.4 is 15.2 Å². The Morgan fingerprint density at radius 3 is 2.42 bits per heavy atom. The molecular formula is C18H18N3O2S+. The number of nitrogens with one attached hydrogen (secondary N) is 2. The van der Waals surface area contributed by atoms with E-state index in [1.807, 2.05) is 29.2 Å². The summed E-state index contributed by atoms with van der Waals surface area (Å²) in [5.74, 6) is 0.538. The smallest absolute Gasteiger partial charge is 0.337 e. The second kappa shape index (κ2) is 6.80. The third-order valence-electron chi connectivity index (χ3n) is 3.83. The van der Waals surface area contributed by atoms with Gasteiger partial charge < -0.3 is 4.74 Å². The van der Waals surface area contributed by atoms with E-state index >= 15 is 0 Å². The van der Waals surface area contributed by atoms with E-state index in [1.54, 1.807) is 12.1 Å². The maximum Gasteiger partial charge on any atom is 0.337 e. The molecule has 122 valence electrons. The Labute approximate surface area is 146 Å². The van der Waals surface area contributed by atoms with Gasteiger partial charge in [-0.3, -0.25) is 9.89 Å². The van der Waals surface area contributed by atoms with Gasteiger partial charge in [-0.15, -0.1) is 0 Å². The zero-order valence-corrected chi connectivity index (χ0v) is 14.3. The minimum absolute atomic E-state index is 0.353. The van der Waals surface area contributed by atoms with Gasteiger partial charge in [0.25, 0.3) is 10.9 Å². The van der Waals surface area contributed by atoms with E-state index in [1.165, 1.54) is 12.7 Å². The maximum absolute atomic E-state index is 11.5. The lowest BCUT2D eigenvalue weighted by molar-refractivity contribution is -0.457. The van der Waals surface area contributed by atoms with Crippen LogP contribution in [0.25, 0.3) is 0 Å². The van der Waals surface area contributed by atoms with Crippen LogP contribution in [0, 0.1) is 6.92 Å². The molecule has 2 N–H and O–H groups in total. The minimum atomic E-state index is -0.353. The highest BCUT2D eigenvalue weighted by atomic mass is 32.1. The fraction of sp³-hybridized carbons (Fsp3) is 0.167. The highest BCUT2D eigenvalue weighted by molar-refractivity contribution is 7.80. The predicted molar refractivity (Wildman–Crippen MR) is 97.1 cm³/mol. The van der Waals surface area contributed by atoms with Crippen LogP contribution in [0.2, 0.25) is 0 Å². The Bertz CT molecular complexity index is 798. The fourth-order valence-corrected chi connectivity index (χ4v) is 2.72. The van der Waals surface area contributed by atoms with Crippen molar-refractivity contribution in [2.75, 3.05) is 18.7 Å². The lowest BCUT2D eigenvalue weighted by Crippen LogP contribution is -2.85. The molecule has 0 spiro atoms. The number of carbonyl (C=O) groups is 1. The lowest BCUT2D eigenvalue weighted by Gasteiger charge is -2.24. The van der Waals surface area contributed by atoms with E-state index in [9.17, 15) is 4.79 Å². The number of methoxy groups -OCH3 is 1. The van der Waals surface area contributed by atoms with Crippen molar-refractivity contribution >= 4 is 34.8 Å². The highest BCUT2D eigenvalue weighted by Gasteiger charge is 2.25. The number of hydrogen-bond donors (Lipinski definition) is 2. The molecule has 0 saturated heterocycles. The topological polar surface area (TPSA) is 55.5 Å². The zero-order chi connectivity index (χ0) is 17.1. The third kappa shape index (κ3) is 3.28. The first-order valence-corrected chi connectivity index (χ1v) is 7.94. The number of anilines is 1. The first-order valence-electron chi connectivity index (χ1n) is 7.53. The van der Waals surface area contributed by atoms with Gasteiger partial charge in [-0.1, -0.05) is 17.7 Å². The molecule has 5 nitrogen and oxygen atoms in total. The second-order valence-electron chi connectivity index (χ2n) is 5.47. The Kier molecular flexibility index (Phi) is 4.57. The third-order valence-corrected chi connectivity index (χ3v) is 4.15. The first kappa shape index (κ1) is 16.1. The monoisotopic (exact) mass is 340 g/mol. The highest BCUT2D eigenvalue weighted by Crippen LogP contribution is 2.16. The maximum atomic E-state index is 11.5. The van der Waals surface area contributed by atoms with Crippen LogP contribution in [0.5, 0.6) is 0 Å². The minimum Gasteiger partial charge on any atom is -0.465 e. The molecule has 0 saturated carbocycles. The van der Waals surface area contributed by atoms with E-state index in [2.05, 4.69) is 29.4 Å². The summed E-state index contributed by atoms with van der Waals surface area (Å²) < 4.78 is 4.71. The molecule has 0 fully saturated rings. The molecule has 0 bridgehead atoms. The largest absolute Gasteiger partial charge is 0.465 e. The number of amidine groups is 1. The Morgan fingerprint density at radius 1 is 1.17 bits per heavy atom. The number of carbonyl (C=O) groups excluding carboxylic acids is 1. The summed E-state index contributed by atoms with van der Waals surface area (Å²) in [6, 6.07) is 15.4. The summed E-state index contributed by atoms with van der Waals surface area (Å²) in [4.78, 5) is 16.8. The molecule has 6 heteroatoms. The van der Waals surface area contributed by atoms with Crippen LogP contribution in [-0.2, 0) is 4.74 Å². The molecule has 0 aliphatic carbocycles. The zero-order valence-electron chi connectivity index (χ0n) is 13.5. The van der Waals surface area contributed by atoms with Crippen LogP contribution in [0.1, 0.15) is 21.5 Å². The van der Waals surface area contributed by atoms with Crippen LogP contribution in [0.3, 0.4) is 0 Å². The lowest BCUT2D eigenvalue weighted by atomic mass is 10.1. The van der Waals surface area contributed by atoms with E-state index in [0.717, 1.165) is 17.1 Å². The summed E-state index contributed by atoms with van der Waals surface area (Å²) in [5, 5.41) is 3.83. The number of nitrogens with zero attached hydrogens (tertiary/aromatic N) is 1. The van der Waals surface area contributed by atoms with E-state index in [4.69, 9.17) is 17.0 Å². The number of esters is 1. The van der Waals surface area contributed by atoms with Gasteiger partial charge in [0.05, 0.1) is 18.2 Å². The molecule has 1 aliphatic rings. The van der Waals surface area contributed by atoms with Crippen LogP contribution in [0.4, 0.5) is 5.69 Å². The molecule has 0 unspecified atom stereocenters. The van der Waals surface area contributed by atoms with E-state index in [0.29, 0.717) is 17.3 Å². The number of benzene rings is 2. The van der Waals surface area contributed by atoms with Gasteiger partial charge in [0.2, 0.25) is 0 Å². The van der Waals surface area contributed by atoms with Crippen molar-refractivity contribution in [1.29, 1.82) is 0 Å². The average Bonchev–Trinajstić information content (AvgIpc) is 2.62. The number of aryl methyl sites for hydroxylation is 1. The van der Waals surface area contributed by atoms with Gasteiger partial charge in [0.1, 0.15) is 0 Å². The number of thiocarbonyl (C=S) groups is 1. The Balaban J connectivity index is 1.78. The van der Waals surface area contributed by atoms with Crippen molar-refractivity contribution < 1.29 is 14.5 Å². The Morgan fingerprint density at radius 2 is 1.83 bits per heavy atom. The molecule has 2 aromatic carbocycles. The summed E-state index contributed by atoms with van der Waals surface area (Å²) in [6.07, 6.45) is 0. The number of ether oxygens (including phenoxy) is 1. The first-order chi connectivity index (χ1) is 11.6. The molecule has 0 aromatic heterocycles. The standard InChI is InChI=1S/C18H17N3O2S/c1-12-3-5-13(6-4-12)16-19-11-21(18(24)20-16)15-9-7-14(8-10-15)17(22)23-2/h3-10H,11H2,1-2H3,(H,19,20,24)/p+1. The van der Waals surface area contributed by atoms with Crippen LogP contribution >= 0.6 is 12.2 Å². The SMILES string of the molecule is COC(=O)c1ccc(N2C[NH+]=C(c3ccc(C)cc3)NC2=S)cc1. The molecule has 3 rings (SSSR count). The quantitative estimate of drug-likeness (QED) is 0.644. The Hall–Kier alpha value is -2.73.